The highest BCUT2D eigenvalue weighted by Gasteiger charge is 2.16. The maximum Gasteiger partial charge on any atom is 0.0450 e. The molecule has 2 unspecified atom stereocenters. The van der Waals surface area contributed by atoms with Crippen molar-refractivity contribution in [2.75, 3.05) is 6.54 Å². The fraction of sp³-hybridized carbons (Fsp3) is 0.214. The quantitative estimate of drug-likeness (QED) is 0.316. The number of fused-ring (bicyclic) bond motifs is 1. The van der Waals surface area contributed by atoms with Gasteiger partial charge in [-0.25, -0.2) is 0 Å². The first-order valence-electron chi connectivity index (χ1n) is 10.9. The molecule has 0 saturated carbocycles. The Morgan fingerprint density at radius 1 is 0.774 bits per heavy atom. The summed E-state index contributed by atoms with van der Waals surface area (Å²) in [6.07, 6.45) is 0.964. The second kappa shape index (κ2) is 10.6. The monoisotopic (exact) mass is 428 g/mol. The highest BCUT2D eigenvalue weighted by atomic mass is 35.5. The zero-order valence-corrected chi connectivity index (χ0v) is 18.6. The van der Waals surface area contributed by atoms with Gasteiger partial charge in [-0.3, -0.25) is 0 Å². The molecule has 0 spiro atoms. The zero-order valence-electron chi connectivity index (χ0n) is 17.9. The number of benzene rings is 4. The smallest absolute Gasteiger partial charge is 0.0450 e. The molecule has 0 aromatic heterocycles. The van der Waals surface area contributed by atoms with Crippen LogP contribution < -0.4 is 10.6 Å². The first-order chi connectivity index (χ1) is 15.2. The lowest BCUT2D eigenvalue weighted by atomic mass is 9.98. The SMILES string of the molecule is CC(NC(CNCc1ccccc1Cl)Cc1ccccc1)c1cccc2ccccc12. The molecule has 4 rings (SSSR count). The molecule has 31 heavy (non-hydrogen) atoms. The molecule has 4 aromatic carbocycles. The maximum atomic E-state index is 6.33. The van der Waals surface area contributed by atoms with Gasteiger partial charge in [0.2, 0.25) is 0 Å². The summed E-state index contributed by atoms with van der Waals surface area (Å²) in [6.45, 7) is 3.87. The van der Waals surface area contributed by atoms with Gasteiger partial charge in [0.05, 0.1) is 0 Å². The molecule has 0 saturated heterocycles. The van der Waals surface area contributed by atoms with E-state index in [9.17, 15) is 0 Å². The summed E-state index contributed by atoms with van der Waals surface area (Å²) in [4.78, 5) is 0. The van der Waals surface area contributed by atoms with E-state index in [-0.39, 0.29) is 6.04 Å². The molecule has 0 aliphatic carbocycles. The highest BCUT2D eigenvalue weighted by molar-refractivity contribution is 6.31. The van der Waals surface area contributed by atoms with Crippen LogP contribution in [0.25, 0.3) is 10.8 Å². The predicted molar refractivity (Wildman–Crippen MR) is 133 cm³/mol. The molecule has 0 heterocycles. The molecule has 0 bridgehead atoms. The van der Waals surface area contributed by atoms with Gasteiger partial charge >= 0.3 is 0 Å². The molecular weight excluding hydrogens is 400 g/mol. The van der Waals surface area contributed by atoms with Crippen LogP contribution in [0, 0.1) is 0 Å². The van der Waals surface area contributed by atoms with E-state index in [1.165, 1.54) is 21.9 Å². The Balaban J connectivity index is 1.48. The Labute approximate surface area is 190 Å². The van der Waals surface area contributed by atoms with Crippen molar-refractivity contribution in [2.45, 2.75) is 32.0 Å². The number of rotatable bonds is 9. The number of nitrogens with one attached hydrogen (secondary N) is 2. The third kappa shape index (κ3) is 5.74. The van der Waals surface area contributed by atoms with Gasteiger partial charge < -0.3 is 10.6 Å². The van der Waals surface area contributed by atoms with Crippen molar-refractivity contribution in [3.05, 3.63) is 119 Å². The lowest BCUT2D eigenvalue weighted by Crippen LogP contribution is -2.41. The van der Waals surface area contributed by atoms with Gasteiger partial charge in [-0.05, 0) is 46.9 Å². The Hall–Kier alpha value is -2.65. The fourth-order valence-electron chi connectivity index (χ4n) is 4.18. The summed E-state index contributed by atoms with van der Waals surface area (Å²) in [6, 6.07) is 34.4. The Morgan fingerprint density at radius 3 is 2.32 bits per heavy atom. The topological polar surface area (TPSA) is 24.1 Å². The fourth-order valence-corrected chi connectivity index (χ4v) is 4.39. The molecule has 4 aromatic rings. The Morgan fingerprint density at radius 2 is 1.48 bits per heavy atom. The van der Waals surface area contributed by atoms with Gasteiger partial charge in [-0.1, -0.05) is 103 Å². The summed E-state index contributed by atoms with van der Waals surface area (Å²) in [5, 5.41) is 10.9. The minimum Gasteiger partial charge on any atom is -0.311 e. The van der Waals surface area contributed by atoms with Crippen molar-refractivity contribution in [3.63, 3.8) is 0 Å². The number of hydrogen-bond donors (Lipinski definition) is 2. The van der Waals surface area contributed by atoms with Crippen LogP contribution in [0.3, 0.4) is 0 Å². The first kappa shape index (κ1) is 21.6. The summed E-state index contributed by atoms with van der Waals surface area (Å²) >= 11 is 6.33. The molecule has 158 valence electrons. The first-order valence-corrected chi connectivity index (χ1v) is 11.3. The minimum atomic E-state index is 0.238. The predicted octanol–water partition coefficient (Wildman–Crippen LogP) is 6.54. The second-order valence-corrected chi connectivity index (χ2v) is 8.47. The van der Waals surface area contributed by atoms with Gasteiger partial charge in [-0.15, -0.1) is 0 Å². The Bertz CT molecular complexity index is 1100. The van der Waals surface area contributed by atoms with Crippen molar-refractivity contribution in [1.29, 1.82) is 0 Å². The van der Waals surface area contributed by atoms with Crippen LogP contribution in [0.1, 0.15) is 29.7 Å². The van der Waals surface area contributed by atoms with Crippen LogP contribution in [0.5, 0.6) is 0 Å². The van der Waals surface area contributed by atoms with Gasteiger partial charge in [-0.2, -0.15) is 0 Å². The summed E-state index contributed by atoms with van der Waals surface area (Å²) < 4.78 is 0. The van der Waals surface area contributed by atoms with E-state index in [1.54, 1.807) is 0 Å². The van der Waals surface area contributed by atoms with Gasteiger partial charge in [0.15, 0.2) is 0 Å². The van der Waals surface area contributed by atoms with Crippen LogP contribution in [-0.4, -0.2) is 12.6 Å². The molecule has 0 aliphatic heterocycles. The summed E-state index contributed by atoms with van der Waals surface area (Å²) in [5.74, 6) is 0. The molecule has 2 N–H and O–H groups in total. The van der Waals surface area contributed by atoms with E-state index < -0.39 is 0 Å². The normalized spacial score (nSPS) is 13.2. The van der Waals surface area contributed by atoms with Crippen LogP contribution in [0.2, 0.25) is 5.02 Å². The van der Waals surface area contributed by atoms with Crippen LogP contribution in [0.15, 0.2) is 97.1 Å². The number of hydrogen-bond acceptors (Lipinski definition) is 2. The molecule has 0 amide bonds. The van der Waals surface area contributed by atoms with Crippen molar-refractivity contribution in [2.24, 2.45) is 0 Å². The molecule has 0 radical (unpaired) electrons. The van der Waals surface area contributed by atoms with Crippen molar-refractivity contribution in [1.82, 2.24) is 10.6 Å². The van der Waals surface area contributed by atoms with E-state index >= 15 is 0 Å². The van der Waals surface area contributed by atoms with Crippen molar-refractivity contribution >= 4 is 22.4 Å². The Kier molecular flexibility index (Phi) is 7.37. The standard InChI is InChI=1S/C28H29ClN2/c1-21(26-16-9-14-23-12-5-7-15-27(23)26)31-25(18-22-10-3-2-4-11-22)20-30-19-24-13-6-8-17-28(24)29/h2-17,21,25,30-31H,18-20H2,1H3. The molecule has 0 fully saturated rings. The van der Waals surface area contributed by atoms with Gasteiger partial charge in [0, 0.05) is 30.2 Å². The number of halogens is 1. The van der Waals surface area contributed by atoms with Crippen LogP contribution in [-0.2, 0) is 13.0 Å². The molecular formula is C28H29ClN2. The summed E-state index contributed by atoms with van der Waals surface area (Å²) in [5.41, 5.74) is 3.80. The third-order valence-corrected chi connectivity index (χ3v) is 6.13. The van der Waals surface area contributed by atoms with E-state index in [4.69, 9.17) is 11.6 Å². The lowest BCUT2D eigenvalue weighted by Gasteiger charge is -2.25. The van der Waals surface area contributed by atoms with Crippen LogP contribution >= 0.6 is 11.6 Å². The van der Waals surface area contributed by atoms with Crippen LogP contribution in [0.4, 0.5) is 0 Å². The molecule has 0 aliphatic rings. The van der Waals surface area contributed by atoms with E-state index in [1.807, 2.05) is 18.2 Å². The van der Waals surface area contributed by atoms with E-state index in [2.05, 4.69) is 96.4 Å². The van der Waals surface area contributed by atoms with E-state index in [0.717, 1.165) is 30.1 Å². The van der Waals surface area contributed by atoms with Gasteiger partial charge in [0.1, 0.15) is 0 Å². The van der Waals surface area contributed by atoms with E-state index in [0.29, 0.717) is 6.04 Å². The molecule has 2 atom stereocenters. The average molecular weight is 429 g/mol. The van der Waals surface area contributed by atoms with Gasteiger partial charge in [0.25, 0.3) is 0 Å². The largest absolute Gasteiger partial charge is 0.311 e. The lowest BCUT2D eigenvalue weighted by molar-refractivity contribution is 0.426. The molecule has 3 heteroatoms. The summed E-state index contributed by atoms with van der Waals surface area (Å²) in [7, 11) is 0. The highest BCUT2D eigenvalue weighted by Crippen LogP contribution is 2.24. The second-order valence-electron chi connectivity index (χ2n) is 8.07. The maximum absolute atomic E-state index is 6.33. The minimum absolute atomic E-state index is 0.238. The van der Waals surface area contributed by atoms with Crippen molar-refractivity contribution in [3.8, 4) is 0 Å². The van der Waals surface area contributed by atoms with Crippen molar-refractivity contribution < 1.29 is 0 Å². The molecule has 2 nitrogen and oxygen atoms in total. The third-order valence-electron chi connectivity index (χ3n) is 5.76. The zero-order chi connectivity index (χ0) is 21.5. The average Bonchev–Trinajstić information content (AvgIpc) is 2.80.